The SMILES string of the molecule is N[C@H](Cc1ccc(Cl)cc1Cl)C(=O)N1Cc2ccc(NCc3ccncc3)cc2C1. The molecule has 154 valence electrons. The molecule has 3 aromatic rings. The lowest BCUT2D eigenvalue weighted by Crippen LogP contribution is -2.42. The Morgan fingerprint density at radius 2 is 1.83 bits per heavy atom. The highest BCUT2D eigenvalue weighted by Crippen LogP contribution is 2.27. The minimum absolute atomic E-state index is 0.0801. The van der Waals surface area contributed by atoms with Gasteiger partial charge >= 0.3 is 0 Å². The average Bonchev–Trinajstić information content (AvgIpc) is 3.17. The van der Waals surface area contributed by atoms with Crippen LogP contribution < -0.4 is 11.1 Å². The maximum absolute atomic E-state index is 12.9. The molecule has 2 aromatic carbocycles. The topological polar surface area (TPSA) is 71.2 Å². The lowest BCUT2D eigenvalue weighted by Gasteiger charge is -2.20. The first-order chi connectivity index (χ1) is 14.5. The lowest BCUT2D eigenvalue weighted by atomic mass is 10.1. The van der Waals surface area contributed by atoms with E-state index in [4.69, 9.17) is 28.9 Å². The van der Waals surface area contributed by atoms with Crippen LogP contribution in [0.4, 0.5) is 5.69 Å². The number of hydrogen-bond acceptors (Lipinski definition) is 4. The molecule has 2 heterocycles. The number of anilines is 1. The summed E-state index contributed by atoms with van der Waals surface area (Å²) < 4.78 is 0. The summed E-state index contributed by atoms with van der Waals surface area (Å²) in [4.78, 5) is 18.7. The van der Waals surface area contributed by atoms with Gasteiger partial charge in [-0.05, 0) is 65.1 Å². The highest BCUT2D eigenvalue weighted by atomic mass is 35.5. The summed E-state index contributed by atoms with van der Waals surface area (Å²) >= 11 is 12.2. The Morgan fingerprint density at radius 1 is 1.07 bits per heavy atom. The zero-order valence-electron chi connectivity index (χ0n) is 16.3. The molecule has 7 heteroatoms. The molecule has 4 rings (SSSR count). The summed E-state index contributed by atoms with van der Waals surface area (Å²) in [6, 6.07) is 14.8. The molecular weight excluding hydrogens is 419 g/mol. The zero-order valence-corrected chi connectivity index (χ0v) is 17.8. The summed E-state index contributed by atoms with van der Waals surface area (Å²) in [6.07, 6.45) is 3.94. The summed E-state index contributed by atoms with van der Waals surface area (Å²) in [7, 11) is 0. The molecule has 3 N–H and O–H groups in total. The summed E-state index contributed by atoms with van der Waals surface area (Å²) in [5.41, 5.74) is 11.5. The first-order valence-corrected chi connectivity index (χ1v) is 10.5. The third-order valence-corrected chi connectivity index (χ3v) is 5.85. The normalized spacial score (nSPS) is 13.8. The third kappa shape index (κ3) is 4.75. The number of pyridine rings is 1. The number of rotatable bonds is 6. The predicted octanol–water partition coefficient (Wildman–Crippen LogP) is 4.41. The van der Waals surface area contributed by atoms with Gasteiger partial charge in [0.25, 0.3) is 0 Å². The van der Waals surface area contributed by atoms with E-state index in [0.717, 1.165) is 34.5 Å². The summed E-state index contributed by atoms with van der Waals surface area (Å²) in [6.45, 7) is 1.85. The van der Waals surface area contributed by atoms with E-state index >= 15 is 0 Å². The van der Waals surface area contributed by atoms with Crippen LogP contribution in [0.1, 0.15) is 22.3 Å². The van der Waals surface area contributed by atoms with Gasteiger partial charge in [0, 0.05) is 47.8 Å². The van der Waals surface area contributed by atoms with Crippen LogP contribution in [0.25, 0.3) is 0 Å². The molecule has 0 spiro atoms. The average molecular weight is 441 g/mol. The Kier molecular flexibility index (Phi) is 6.23. The van der Waals surface area contributed by atoms with Crippen LogP contribution in [-0.2, 0) is 30.8 Å². The standard InChI is InChI=1S/C23H22Cl2N4O/c24-19-3-1-16(21(25)11-19)10-22(26)23(30)29-13-17-2-4-20(9-18(17)14-29)28-12-15-5-7-27-8-6-15/h1-9,11,22,28H,10,12-14,26H2/t22-/m1/s1. The maximum atomic E-state index is 12.9. The smallest absolute Gasteiger partial charge is 0.240 e. The minimum Gasteiger partial charge on any atom is -0.381 e. The Morgan fingerprint density at radius 3 is 2.60 bits per heavy atom. The molecule has 1 atom stereocenters. The van der Waals surface area contributed by atoms with Gasteiger partial charge in [0.05, 0.1) is 6.04 Å². The van der Waals surface area contributed by atoms with E-state index in [9.17, 15) is 4.79 Å². The van der Waals surface area contributed by atoms with Gasteiger partial charge in [-0.3, -0.25) is 9.78 Å². The number of halogens is 2. The van der Waals surface area contributed by atoms with E-state index in [1.165, 1.54) is 0 Å². The predicted molar refractivity (Wildman–Crippen MR) is 120 cm³/mol. The van der Waals surface area contributed by atoms with Crippen molar-refractivity contribution in [3.8, 4) is 0 Å². The van der Waals surface area contributed by atoms with Gasteiger partial charge in [0.2, 0.25) is 5.91 Å². The van der Waals surface area contributed by atoms with Crippen molar-refractivity contribution >= 4 is 34.8 Å². The van der Waals surface area contributed by atoms with Crippen molar-refractivity contribution in [1.29, 1.82) is 0 Å². The van der Waals surface area contributed by atoms with Gasteiger partial charge in [-0.15, -0.1) is 0 Å². The van der Waals surface area contributed by atoms with Gasteiger partial charge in [0.1, 0.15) is 0 Å². The van der Waals surface area contributed by atoms with Crippen LogP contribution in [-0.4, -0.2) is 21.8 Å². The molecule has 0 saturated carbocycles. The second kappa shape index (κ2) is 9.04. The van der Waals surface area contributed by atoms with E-state index < -0.39 is 6.04 Å². The maximum Gasteiger partial charge on any atom is 0.240 e. The number of nitrogens with one attached hydrogen (secondary N) is 1. The largest absolute Gasteiger partial charge is 0.381 e. The summed E-state index contributed by atoms with van der Waals surface area (Å²) in [5.74, 6) is -0.0801. The molecule has 1 aliphatic rings. The fraction of sp³-hybridized carbons (Fsp3) is 0.217. The Hall–Kier alpha value is -2.60. The quantitative estimate of drug-likeness (QED) is 0.595. The molecule has 1 aromatic heterocycles. The van der Waals surface area contributed by atoms with E-state index in [-0.39, 0.29) is 5.91 Å². The van der Waals surface area contributed by atoms with Crippen molar-refractivity contribution in [3.63, 3.8) is 0 Å². The molecule has 0 bridgehead atoms. The lowest BCUT2D eigenvalue weighted by molar-refractivity contribution is -0.133. The third-order valence-electron chi connectivity index (χ3n) is 5.26. The van der Waals surface area contributed by atoms with Crippen LogP contribution in [0.2, 0.25) is 10.0 Å². The van der Waals surface area contributed by atoms with E-state index in [0.29, 0.717) is 29.6 Å². The molecule has 1 amide bonds. The molecule has 5 nitrogen and oxygen atoms in total. The van der Waals surface area contributed by atoms with Gasteiger partial charge in [-0.25, -0.2) is 0 Å². The molecule has 0 unspecified atom stereocenters. The fourth-order valence-corrected chi connectivity index (χ4v) is 4.10. The second-order valence-electron chi connectivity index (χ2n) is 7.43. The number of benzene rings is 2. The minimum atomic E-state index is -0.651. The van der Waals surface area contributed by atoms with Gasteiger partial charge in [-0.2, -0.15) is 0 Å². The molecule has 0 fully saturated rings. The zero-order chi connectivity index (χ0) is 21.1. The van der Waals surface area contributed by atoms with Crippen LogP contribution >= 0.6 is 23.2 Å². The molecule has 30 heavy (non-hydrogen) atoms. The molecular formula is C23H22Cl2N4O. The second-order valence-corrected chi connectivity index (χ2v) is 8.28. The number of carbonyl (C=O) groups is 1. The van der Waals surface area contributed by atoms with Crippen molar-refractivity contribution in [2.75, 3.05) is 5.32 Å². The van der Waals surface area contributed by atoms with Crippen molar-refractivity contribution < 1.29 is 4.79 Å². The number of carbonyl (C=O) groups excluding carboxylic acids is 1. The number of amides is 1. The van der Waals surface area contributed by atoms with Crippen molar-refractivity contribution in [2.45, 2.75) is 32.1 Å². The van der Waals surface area contributed by atoms with Crippen LogP contribution in [0, 0.1) is 0 Å². The highest BCUT2D eigenvalue weighted by molar-refractivity contribution is 6.35. The first kappa shape index (κ1) is 20.7. The van der Waals surface area contributed by atoms with Crippen molar-refractivity contribution in [1.82, 2.24) is 9.88 Å². The van der Waals surface area contributed by atoms with Gasteiger partial charge in [0.15, 0.2) is 0 Å². The van der Waals surface area contributed by atoms with Crippen LogP contribution in [0.15, 0.2) is 60.9 Å². The van der Waals surface area contributed by atoms with Crippen LogP contribution in [0.5, 0.6) is 0 Å². The fourth-order valence-electron chi connectivity index (χ4n) is 3.61. The highest BCUT2D eigenvalue weighted by Gasteiger charge is 2.27. The van der Waals surface area contributed by atoms with Crippen molar-refractivity contribution in [2.24, 2.45) is 5.73 Å². The van der Waals surface area contributed by atoms with Crippen molar-refractivity contribution in [3.05, 3.63) is 93.2 Å². The molecule has 0 saturated heterocycles. The Bertz CT molecular complexity index is 1060. The van der Waals surface area contributed by atoms with E-state index in [1.54, 1.807) is 29.4 Å². The molecule has 0 radical (unpaired) electrons. The van der Waals surface area contributed by atoms with E-state index in [1.807, 2.05) is 24.3 Å². The number of hydrogen-bond donors (Lipinski definition) is 2. The number of nitrogens with zero attached hydrogens (tertiary/aromatic N) is 2. The summed E-state index contributed by atoms with van der Waals surface area (Å²) in [5, 5.41) is 4.51. The monoisotopic (exact) mass is 440 g/mol. The first-order valence-electron chi connectivity index (χ1n) is 9.72. The van der Waals surface area contributed by atoms with E-state index in [2.05, 4.69) is 22.4 Å². The molecule has 1 aliphatic heterocycles. The number of fused-ring (bicyclic) bond motifs is 1. The number of aromatic nitrogens is 1. The van der Waals surface area contributed by atoms with Gasteiger partial charge < -0.3 is 16.0 Å². The number of nitrogens with two attached hydrogens (primary N) is 1. The van der Waals surface area contributed by atoms with Crippen LogP contribution in [0.3, 0.4) is 0 Å². The van der Waals surface area contributed by atoms with Gasteiger partial charge in [-0.1, -0.05) is 35.3 Å². The Labute approximate surface area is 185 Å². The Balaban J connectivity index is 1.38. The molecule has 0 aliphatic carbocycles.